The van der Waals surface area contributed by atoms with Gasteiger partial charge in [0.25, 0.3) is 0 Å². The number of carbonyl (C=O) groups excluding carboxylic acids is 1. The van der Waals surface area contributed by atoms with E-state index in [9.17, 15) is 9.90 Å². The lowest BCUT2D eigenvalue weighted by atomic mass is 10.1. The van der Waals surface area contributed by atoms with Crippen molar-refractivity contribution in [3.63, 3.8) is 0 Å². The lowest BCUT2D eigenvalue weighted by Crippen LogP contribution is -2.31. The standard InChI is InChI=1S/C14H17N3O2.C2H6/c1-17-9-11(6-12(17)7-15)14(19)16-8-10-4-2-3-5-13(10)18;1-2/h2-5,11-12,18H,6,8-9H2,1H3,(H,16,19);1-2H3. The van der Waals surface area contributed by atoms with Gasteiger partial charge in [0, 0.05) is 18.7 Å². The van der Waals surface area contributed by atoms with Crippen molar-refractivity contribution in [2.45, 2.75) is 32.9 Å². The summed E-state index contributed by atoms with van der Waals surface area (Å²) in [6, 6.07) is 8.93. The highest BCUT2D eigenvalue weighted by Crippen LogP contribution is 2.21. The minimum Gasteiger partial charge on any atom is -0.508 e. The number of phenols is 1. The number of hydrogen-bond donors (Lipinski definition) is 2. The first-order valence-electron chi connectivity index (χ1n) is 7.26. The van der Waals surface area contributed by atoms with Gasteiger partial charge in [-0.05, 0) is 19.5 Å². The van der Waals surface area contributed by atoms with Crippen LogP contribution < -0.4 is 5.32 Å². The second-order valence-corrected chi connectivity index (χ2v) is 4.86. The summed E-state index contributed by atoms with van der Waals surface area (Å²) in [6.45, 7) is 4.91. The van der Waals surface area contributed by atoms with Gasteiger partial charge >= 0.3 is 0 Å². The fourth-order valence-electron chi connectivity index (χ4n) is 2.33. The Morgan fingerprint density at radius 2 is 2.14 bits per heavy atom. The molecule has 1 aliphatic rings. The SMILES string of the molecule is CC.CN1CC(C(=O)NCc2ccccc2O)CC1C#N. The fourth-order valence-corrected chi connectivity index (χ4v) is 2.33. The van der Waals surface area contributed by atoms with Gasteiger partial charge in [-0.2, -0.15) is 5.26 Å². The summed E-state index contributed by atoms with van der Waals surface area (Å²) >= 11 is 0. The molecule has 2 unspecified atom stereocenters. The van der Waals surface area contributed by atoms with Crippen LogP contribution in [0.25, 0.3) is 0 Å². The molecule has 1 amide bonds. The lowest BCUT2D eigenvalue weighted by Gasteiger charge is -2.12. The third kappa shape index (κ3) is 4.47. The van der Waals surface area contributed by atoms with E-state index >= 15 is 0 Å². The monoisotopic (exact) mass is 289 g/mol. The smallest absolute Gasteiger partial charge is 0.224 e. The molecule has 1 aromatic rings. The molecule has 0 saturated carbocycles. The molecule has 5 nitrogen and oxygen atoms in total. The number of aromatic hydroxyl groups is 1. The Morgan fingerprint density at radius 1 is 1.48 bits per heavy atom. The van der Waals surface area contributed by atoms with Crippen LogP contribution in [-0.2, 0) is 11.3 Å². The average Bonchev–Trinajstić information content (AvgIpc) is 2.89. The first-order chi connectivity index (χ1) is 10.1. The van der Waals surface area contributed by atoms with Crippen LogP contribution in [0, 0.1) is 17.2 Å². The van der Waals surface area contributed by atoms with Crippen LogP contribution in [0.15, 0.2) is 24.3 Å². The Labute approximate surface area is 126 Å². The molecule has 0 bridgehead atoms. The molecule has 0 aromatic heterocycles. The van der Waals surface area contributed by atoms with Crippen molar-refractivity contribution in [1.82, 2.24) is 10.2 Å². The van der Waals surface area contributed by atoms with E-state index in [0.717, 1.165) is 0 Å². The summed E-state index contributed by atoms with van der Waals surface area (Å²) in [6.07, 6.45) is 0.569. The van der Waals surface area contributed by atoms with Gasteiger partial charge in [0.15, 0.2) is 0 Å². The van der Waals surface area contributed by atoms with E-state index < -0.39 is 0 Å². The molecule has 1 saturated heterocycles. The van der Waals surface area contributed by atoms with Gasteiger partial charge in [-0.1, -0.05) is 32.0 Å². The molecular weight excluding hydrogens is 266 g/mol. The molecule has 21 heavy (non-hydrogen) atoms. The van der Waals surface area contributed by atoms with E-state index in [0.29, 0.717) is 25.1 Å². The van der Waals surface area contributed by atoms with Crippen molar-refractivity contribution in [3.05, 3.63) is 29.8 Å². The maximum absolute atomic E-state index is 12.0. The Morgan fingerprint density at radius 3 is 2.71 bits per heavy atom. The summed E-state index contributed by atoms with van der Waals surface area (Å²) in [5.74, 6) is -0.0328. The van der Waals surface area contributed by atoms with Gasteiger partial charge in [0.1, 0.15) is 5.75 Å². The Kier molecular flexibility index (Phi) is 6.70. The van der Waals surface area contributed by atoms with E-state index in [4.69, 9.17) is 5.26 Å². The third-order valence-corrected chi connectivity index (χ3v) is 3.51. The van der Waals surface area contributed by atoms with Crippen molar-refractivity contribution in [2.24, 2.45) is 5.92 Å². The van der Waals surface area contributed by atoms with Gasteiger partial charge in [0.05, 0.1) is 18.0 Å². The van der Waals surface area contributed by atoms with E-state index in [1.165, 1.54) is 0 Å². The molecule has 1 aliphatic heterocycles. The molecule has 5 heteroatoms. The Hall–Kier alpha value is -2.06. The largest absolute Gasteiger partial charge is 0.508 e. The lowest BCUT2D eigenvalue weighted by molar-refractivity contribution is -0.124. The molecule has 2 atom stereocenters. The minimum absolute atomic E-state index is 0.0622. The van der Waals surface area contributed by atoms with Crippen molar-refractivity contribution in [2.75, 3.05) is 13.6 Å². The van der Waals surface area contributed by atoms with Crippen LogP contribution in [0.2, 0.25) is 0 Å². The molecule has 2 rings (SSSR count). The van der Waals surface area contributed by atoms with Crippen molar-refractivity contribution >= 4 is 5.91 Å². The summed E-state index contributed by atoms with van der Waals surface area (Å²) < 4.78 is 0. The maximum atomic E-state index is 12.0. The second-order valence-electron chi connectivity index (χ2n) is 4.86. The van der Waals surface area contributed by atoms with Gasteiger partial charge < -0.3 is 10.4 Å². The molecule has 2 N–H and O–H groups in total. The third-order valence-electron chi connectivity index (χ3n) is 3.51. The van der Waals surface area contributed by atoms with Crippen LogP contribution in [0.1, 0.15) is 25.8 Å². The highest BCUT2D eigenvalue weighted by molar-refractivity contribution is 5.79. The number of phenolic OH excluding ortho intramolecular Hbond substituents is 1. The highest BCUT2D eigenvalue weighted by Gasteiger charge is 2.33. The first-order valence-corrected chi connectivity index (χ1v) is 7.26. The number of para-hydroxylation sites is 1. The number of amides is 1. The van der Waals surface area contributed by atoms with Crippen LogP contribution in [-0.4, -0.2) is 35.5 Å². The van der Waals surface area contributed by atoms with Gasteiger partial charge in [0.2, 0.25) is 5.91 Å². The van der Waals surface area contributed by atoms with Crippen molar-refractivity contribution in [3.8, 4) is 11.8 Å². The second kappa shape index (κ2) is 8.28. The minimum atomic E-state index is -0.180. The van der Waals surface area contributed by atoms with E-state index in [1.807, 2.05) is 31.9 Å². The zero-order valence-electron chi connectivity index (χ0n) is 12.8. The number of nitriles is 1. The number of carbonyl (C=O) groups is 1. The van der Waals surface area contributed by atoms with Gasteiger partial charge in [-0.15, -0.1) is 0 Å². The normalized spacial score (nSPS) is 21.0. The predicted molar refractivity (Wildman–Crippen MR) is 81.4 cm³/mol. The predicted octanol–water partition coefficient (Wildman–Crippen LogP) is 1.88. The number of nitrogens with one attached hydrogen (secondary N) is 1. The molecule has 0 spiro atoms. The number of benzene rings is 1. The molecule has 1 fully saturated rings. The van der Waals surface area contributed by atoms with Crippen molar-refractivity contribution < 1.29 is 9.90 Å². The molecule has 114 valence electrons. The number of nitrogens with zero attached hydrogens (tertiary/aromatic N) is 2. The Bertz CT molecular complexity index is 510. The topological polar surface area (TPSA) is 76.4 Å². The quantitative estimate of drug-likeness (QED) is 0.890. The van der Waals surface area contributed by atoms with Gasteiger partial charge in [-0.3, -0.25) is 9.69 Å². The van der Waals surface area contributed by atoms with E-state index in [1.54, 1.807) is 18.2 Å². The molecule has 0 radical (unpaired) electrons. The first kappa shape index (κ1) is 17.0. The highest BCUT2D eigenvalue weighted by atomic mass is 16.3. The van der Waals surface area contributed by atoms with E-state index in [-0.39, 0.29) is 23.6 Å². The maximum Gasteiger partial charge on any atom is 0.224 e. The summed E-state index contributed by atoms with van der Waals surface area (Å²) in [5, 5.41) is 21.3. The fraction of sp³-hybridized carbons (Fsp3) is 0.500. The van der Waals surface area contributed by atoms with Crippen LogP contribution in [0.4, 0.5) is 0 Å². The zero-order chi connectivity index (χ0) is 15.8. The van der Waals surface area contributed by atoms with E-state index in [2.05, 4.69) is 11.4 Å². The molecule has 1 heterocycles. The van der Waals surface area contributed by atoms with Crippen LogP contribution in [0.5, 0.6) is 5.75 Å². The summed E-state index contributed by atoms with van der Waals surface area (Å²) in [7, 11) is 1.85. The molecular formula is C16H23N3O2. The van der Waals surface area contributed by atoms with Crippen LogP contribution >= 0.6 is 0 Å². The number of likely N-dealkylation sites (tertiary alicyclic amines) is 1. The number of hydrogen-bond acceptors (Lipinski definition) is 4. The van der Waals surface area contributed by atoms with Gasteiger partial charge in [-0.25, -0.2) is 0 Å². The van der Waals surface area contributed by atoms with Crippen LogP contribution in [0.3, 0.4) is 0 Å². The summed E-state index contributed by atoms with van der Waals surface area (Å²) in [4.78, 5) is 13.9. The number of rotatable bonds is 3. The molecule has 1 aromatic carbocycles. The van der Waals surface area contributed by atoms with Crippen molar-refractivity contribution in [1.29, 1.82) is 5.26 Å². The average molecular weight is 289 g/mol. The summed E-state index contributed by atoms with van der Waals surface area (Å²) in [5.41, 5.74) is 0.694. The zero-order valence-corrected chi connectivity index (χ0v) is 12.8. The molecule has 0 aliphatic carbocycles. The Balaban J connectivity index is 0.00000106.